The summed E-state index contributed by atoms with van der Waals surface area (Å²) in [6, 6.07) is 0. The number of aliphatic hydroxyl groups is 1. The molecule has 0 aromatic carbocycles. The Morgan fingerprint density at radius 3 is 2.33 bits per heavy atom. The van der Waals surface area contributed by atoms with Crippen molar-refractivity contribution in [2.45, 2.75) is 49.4 Å². The summed E-state index contributed by atoms with van der Waals surface area (Å²) in [5.74, 6) is 0.627. The zero-order valence-electron chi connectivity index (χ0n) is 7.72. The lowest BCUT2D eigenvalue weighted by atomic mass is 9.89. The van der Waals surface area contributed by atoms with Crippen LogP contribution in [0.25, 0.3) is 0 Å². The molecular weight excluding hydrogens is 267 g/mol. The molecule has 1 saturated carbocycles. The third-order valence-corrected chi connectivity index (χ3v) is 2.99. The van der Waals surface area contributed by atoms with Crippen LogP contribution in [0.15, 0.2) is 0 Å². The highest BCUT2D eigenvalue weighted by atomic mass is 127. The smallest absolute Gasteiger partial charge is 0.208 e. The lowest BCUT2D eigenvalue weighted by Gasteiger charge is -2.32. The molecule has 1 fully saturated rings. The first kappa shape index (κ1) is 10.7. The van der Waals surface area contributed by atoms with Gasteiger partial charge in [0.15, 0.2) is 0 Å². The Labute approximate surface area is 87.8 Å². The number of ether oxygens (including phenoxy) is 1. The summed E-state index contributed by atoms with van der Waals surface area (Å²) in [5, 5.41) is 9.11. The van der Waals surface area contributed by atoms with Gasteiger partial charge in [0.25, 0.3) is 0 Å². The molecule has 0 aromatic rings. The molecule has 72 valence electrons. The van der Waals surface area contributed by atoms with Crippen LogP contribution < -0.4 is 0 Å². The van der Waals surface area contributed by atoms with E-state index in [2.05, 4.69) is 13.8 Å². The Balaban J connectivity index is 2.45. The number of hydrogen-bond donors (Lipinski definition) is 1. The molecule has 12 heavy (non-hydrogen) atoms. The third-order valence-electron chi connectivity index (χ3n) is 2.74. The van der Waals surface area contributed by atoms with Gasteiger partial charge in [-0.05, 0) is 55.2 Å². The van der Waals surface area contributed by atoms with Gasteiger partial charge in [-0.25, -0.2) is 0 Å². The van der Waals surface area contributed by atoms with E-state index in [4.69, 9.17) is 9.84 Å². The normalized spacial score (nSPS) is 23.0. The summed E-state index contributed by atoms with van der Waals surface area (Å²) < 4.78 is 4.80. The molecule has 3 heteroatoms. The van der Waals surface area contributed by atoms with Crippen LogP contribution in [0.3, 0.4) is 0 Å². The molecule has 0 saturated heterocycles. The number of rotatable bonds is 3. The van der Waals surface area contributed by atoms with Crippen LogP contribution in [0.2, 0.25) is 0 Å². The Kier molecular flexibility index (Phi) is 3.79. The van der Waals surface area contributed by atoms with E-state index in [1.165, 1.54) is 25.7 Å². The largest absolute Gasteiger partial charge is 0.360 e. The fourth-order valence-corrected chi connectivity index (χ4v) is 2.62. The molecule has 0 aromatic heterocycles. The molecule has 0 heterocycles. The van der Waals surface area contributed by atoms with Gasteiger partial charge >= 0.3 is 0 Å². The number of aliphatic hydroxyl groups excluding tert-OH is 1. The standard InChI is InChI=1S/C9H17IO2/c1-9(2,12-8(10)11)7-5-3-4-6-7/h7-8,11H,3-6H2,1-2H3. The number of alkyl halides is 1. The van der Waals surface area contributed by atoms with Gasteiger partial charge in [0.1, 0.15) is 0 Å². The second-order valence-electron chi connectivity index (χ2n) is 3.99. The van der Waals surface area contributed by atoms with Gasteiger partial charge in [-0.1, -0.05) is 12.8 Å². The molecule has 0 radical (unpaired) electrons. The predicted molar refractivity (Wildman–Crippen MR) is 57.1 cm³/mol. The SMILES string of the molecule is CC(C)(OC(O)I)C1CCCC1. The van der Waals surface area contributed by atoms with Crippen LogP contribution >= 0.6 is 22.6 Å². The van der Waals surface area contributed by atoms with E-state index in [1.807, 2.05) is 22.6 Å². The Bertz CT molecular complexity index is 139. The highest BCUT2D eigenvalue weighted by Crippen LogP contribution is 2.36. The lowest BCUT2D eigenvalue weighted by Crippen LogP contribution is -2.35. The summed E-state index contributed by atoms with van der Waals surface area (Å²) >= 11 is 1.89. The second-order valence-corrected chi connectivity index (χ2v) is 5.06. The van der Waals surface area contributed by atoms with Gasteiger partial charge in [0.2, 0.25) is 4.30 Å². The molecule has 0 aliphatic heterocycles. The van der Waals surface area contributed by atoms with E-state index in [-0.39, 0.29) is 5.60 Å². The maximum Gasteiger partial charge on any atom is 0.208 e. The maximum atomic E-state index is 9.11. The van der Waals surface area contributed by atoms with Crippen LogP contribution in [0.5, 0.6) is 0 Å². The van der Waals surface area contributed by atoms with E-state index in [1.54, 1.807) is 0 Å². The van der Waals surface area contributed by atoms with Crippen LogP contribution in [0.4, 0.5) is 0 Å². The molecule has 1 rings (SSSR count). The van der Waals surface area contributed by atoms with Crippen molar-refractivity contribution in [3.8, 4) is 0 Å². The quantitative estimate of drug-likeness (QED) is 0.490. The minimum absolute atomic E-state index is 0.156. The van der Waals surface area contributed by atoms with E-state index >= 15 is 0 Å². The summed E-state index contributed by atoms with van der Waals surface area (Å²) in [7, 11) is 0. The molecule has 0 bridgehead atoms. The minimum atomic E-state index is -0.668. The van der Waals surface area contributed by atoms with Crippen molar-refractivity contribution in [3.05, 3.63) is 0 Å². The van der Waals surface area contributed by atoms with Crippen LogP contribution in [0.1, 0.15) is 39.5 Å². The van der Waals surface area contributed by atoms with Crippen molar-refractivity contribution < 1.29 is 9.84 Å². The average Bonchev–Trinajstić information content (AvgIpc) is 2.32. The summed E-state index contributed by atoms with van der Waals surface area (Å²) in [5.41, 5.74) is -0.156. The van der Waals surface area contributed by atoms with Gasteiger partial charge in [-0.3, -0.25) is 0 Å². The van der Waals surface area contributed by atoms with Crippen molar-refractivity contribution in [3.63, 3.8) is 0 Å². The van der Waals surface area contributed by atoms with E-state index in [0.29, 0.717) is 5.92 Å². The third kappa shape index (κ3) is 2.85. The van der Waals surface area contributed by atoms with Gasteiger partial charge in [0.05, 0.1) is 5.60 Å². The molecule has 1 N–H and O–H groups in total. The van der Waals surface area contributed by atoms with Crippen LogP contribution in [0, 0.1) is 5.92 Å². The molecule has 0 amide bonds. The van der Waals surface area contributed by atoms with Crippen molar-refractivity contribution in [2.75, 3.05) is 0 Å². The van der Waals surface area contributed by atoms with Gasteiger partial charge < -0.3 is 9.84 Å². The monoisotopic (exact) mass is 284 g/mol. The summed E-state index contributed by atoms with van der Waals surface area (Å²) in [6.45, 7) is 4.15. The number of halogens is 1. The zero-order chi connectivity index (χ0) is 9.19. The first-order chi connectivity index (χ1) is 5.52. The fraction of sp³-hybridized carbons (Fsp3) is 1.00. The van der Waals surface area contributed by atoms with Crippen LogP contribution in [-0.2, 0) is 4.74 Å². The lowest BCUT2D eigenvalue weighted by molar-refractivity contribution is -0.136. The van der Waals surface area contributed by atoms with Gasteiger partial charge in [-0.15, -0.1) is 0 Å². The molecule has 1 atom stereocenters. The molecule has 1 aliphatic carbocycles. The summed E-state index contributed by atoms with van der Waals surface area (Å²) in [6.07, 6.45) is 5.12. The van der Waals surface area contributed by atoms with E-state index < -0.39 is 4.30 Å². The van der Waals surface area contributed by atoms with Crippen molar-refractivity contribution in [1.29, 1.82) is 0 Å². The van der Waals surface area contributed by atoms with E-state index in [0.717, 1.165) is 0 Å². The molecule has 1 unspecified atom stereocenters. The molecule has 0 spiro atoms. The first-order valence-electron chi connectivity index (χ1n) is 4.52. The van der Waals surface area contributed by atoms with Gasteiger partial charge in [-0.2, -0.15) is 0 Å². The highest BCUT2D eigenvalue weighted by Gasteiger charge is 2.33. The highest BCUT2D eigenvalue weighted by molar-refractivity contribution is 14.1. The predicted octanol–water partition coefficient (Wildman–Crippen LogP) is 2.68. The van der Waals surface area contributed by atoms with Crippen LogP contribution in [-0.4, -0.2) is 15.0 Å². The Morgan fingerprint density at radius 1 is 1.42 bits per heavy atom. The number of hydrogen-bond acceptors (Lipinski definition) is 2. The molecule has 1 aliphatic rings. The maximum absolute atomic E-state index is 9.11. The van der Waals surface area contributed by atoms with E-state index in [9.17, 15) is 0 Å². The van der Waals surface area contributed by atoms with Crippen molar-refractivity contribution in [2.24, 2.45) is 5.92 Å². The topological polar surface area (TPSA) is 29.5 Å². The minimum Gasteiger partial charge on any atom is -0.360 e. The Morgan fingerprint density at radius 2 is 1.92 bits per heavy atom. The van der Waals surface area contributed by atoms with Crippen molar-refractivity contribution in [1.82, 2.24) is 0 Å². The fourth-order valence-electron chi connectivity index (χ4n) is 1.97. The molecule has 2 nitrogen and oxygen atoms in total. The Hall–Kier alpha value is 0.650. The van der Waals surface area contributed by atoms with Crippen molar-refractivity contribution >= 4 is 22.6 Å². The zero-order valence-corrected chi connectivity index (χ0v) is 9.87. The van der Waals surface area contributed by atoms with Gasteiger partial charge in [0, 0.05) is 0 Å². The summed E-state index contributed by atoms with van der Waals surface area (Å²) in [4.78, 5) is 0. The second kappa shape index (κ2) is 4.24. The molecular formula is C9H17IO2. The first-order valence-corrected chi connectivity index (χ1v) is 5.77. The average molecular weight is 284 g/mol.